The topological polar surface area (TPSA) is 32.8 Å². The van der Waals surface area contributed by atoms with Crippen LogP contribution in [0.5, 0.6) is 5.75 Å². The molecule has 0 aromatic heterocycles. The van der Waals surface area contributed by atoms with Crippen molar-refractivity contribution in [2.24, 2.45) is 0 Å². The lowest BCUT2D eigenvalue weighted by atomic mass is 9.81. The highest BCUT2D eigenvalue weighted by Gasteiger charge is 2.43. The number of carbonyl (C=O) groups is 1. The van der Waals surface area contributed by atoms with Crippen molar-refractivity contribution < 1.29 is 9.53 Å². The lowest BCUT2D eigenvalue weighted by molar-refractivity contribution is -0.124. The molecule has 0 bridgehead atoms. The first-order valence-corrected chi connectivity index (χ1v) is 8.86. The van der Waals surface area contributed by atoms with Gasteiger partial charge in [-0.25, -0.2) is 0 Å². The minimum Gasteiger partial charge on any atom is -0.491 e. The molecular formula is C19H27BN2O2. The van der Waals surface area contributed by atoms with Gasteiger partial charge in [0, 0.05) is 25.2 Å². The lowest BCUT2D eigenvalue weighted by Gasteiger charge is -2.47. The van der Waals surface area contributed by atoms with E-state index >= 15 is 0 Å². The SMILES string of the molecule is BN1C(=O)C=C[C@]12CCN(Cc1cccc(OC(C)C)c1)[C@@H](C)C2. The molecule has 2 heterocycles. The van der Waals surface area contributed by atoms with E-state index in [-0.39, 0.29) is 17.6 Å². The number of carbonyl (C=O) groups excluding carboxylic acids is 1. The number of nitrogens with zero attached hydrogens (tertiary/aromatic N) is 2. The molecule has 2 atom stereocenters. The van der Waals surface area contributed by atoms with Crippen molar-refractivity contribution in [3.05, 3.63) is 42.0 Å². The van der Waals surface area contributed by atoms with E-state index in [1.54, 1.807) is 6.08 Å². The average Bonchev–Trinajstić information content (AvgIpc) is 2.79. The summed E-state index contributed by atoms with van der Waals surface area (Å²) in [6.45, 7) is 8.28. The Morgan fingerprint density at radius 1 is 1.42 bits per heavy atom. The Kier molecular flexibility index (Phi) is 4.72. The predicted molar refractivity (Wildman–Crippen MR) is 98.6 cm³/mol. The van der Waals surface area contributed by atoms with Crippen LogP contribution in [0.25, 0.3) is 0 Å². The van der Waals surface area contributed by atoms with Gasteiger partial charge in [-0.05, 0) is 51.3 Å². The molecule has 2 aliphatic heterocycles. The second-order valence-electron chi connectivity index (χ2n) is 7.42. The molecule has 2 aliphatic rings. The van der Waals surface area contributed by atoms with Gasteiger partial charge >= 0.3 is 0 Å². The van der Waals surface area contributed by atoms with E-state index in [0.717, 1.165) is 31.7 Å². The lowest BCUT2D eigenvalue weighted by Crippen LogP contribution is -2.55. The maximum Gasteiger partial charge on any atom is 0.234 e. The maximum absolute atomic E-state index is 11.9. The zero-order valence-corrected chi connectivity index (χ0v) is 15.2. The van der Waals surface area contributed by atoms with Crippen molar-refractivity contribution in [1.29, 1.82) is 0 Å². The van der Waals surface area contributed by atoms with Crippen LogP contribution in [0.2, 0.25) is 0 Å². The predicted octanol–water partition coefficient (Wildman–Crippen LogP) is 2.14. The number of hydrogen-bond donors (Lipinski definition) is 0. The first-order chi connectivity index (χ1) is 11.4. The molecule has 1 amide bonds. The molecular weight excluding hydrogens is 299 g/mol. The van der Waals surface area contributed by atoms with Crippen LogP contribution < -0.4 is 4.74 Å². The second kappa shape index (κ2) is 6.63. The highest BCUT2D eigenvalue weighted by atomic mass is 16.5. The number of benzene rings is 1. The van der Waals surface area contributed by atoms with Gasteiger partial charge in [-0.15, -0.1) is 0 Å². The van der Waals surface area contributed by atoms with Crippen LogP contribution in [-0.4, -0.2) is 47.8 Å². The molecule has 5 heteroatoms. The number of amides is 1. The Balaban J connectivity index is 1.66. The minimum atomic E-state index is -0.0738. The van der Waals surface area contributed by atoms with Crippen LogP contribution in [0.1, 0.15) is 39.2 Å². The standard InChI is InChI=1S/C19H27BN2O2/c1-14(2)24-17-6-4-5-16(11-17)13-21-10-9-19(12-15(21)3)8-7-18(23)22(19)20/h4-8,11,14-15H,9-10,12-13,20H2,1-3H3/t15-,19+/m0/s1. The molecule has 24 heavy (non-hydrogen) atoms. The van der Waals surface area contributed by atoms with Gasteiger partial charge < -0.3 is 9.55 Å². The van der Waals surface area contributed by atoms with E-state index in [9.17, 15) is 4.79 Å². The molecule has 1 saturated heterocycles. The molecule has 0 unspecified atom stereocenters. The molecule has 4 nitrogen and oxygen atoms in total. The number of rotatable bonds is 4. The molecule has 128 valence electrons. The Labute approximate surface area is 145 Å². The number of hydrogen-bond acceptors (Lipinski definition) is 3. The molecule has 1 aromatic rings. The highest BCUT2D eigenvalue weighted by Crippen LogP contribution is 2.36. The van der Waals surface area contributed by atoms with Crippen LogP contribution in [0.4, 0.5) is 0 Å². The fourth-order valence-electron chi connectivity index (χ4n) is 3.88. The first kappa shape index (κ1) is 17.1. The third kappa shape index (κ3) is 3.36. The van der Waals surface area contributed by atoms with Crippen LogP contribution in [-0.2, 0) is 11.3 Å². The van der Waals surface area contributed by atoms with Crippen LogP contribution in [0, 0.1) is 0 Å². The summed E-state index contributed by atoms with van der Waals surface area (Å²) in [5.74, 6) is 1.07. The van der Waals surface area contributed by atoms with Gasteiger partial charge in [-0.1, -0.05) is 18.2 Å². The molecule has 1 aromatic carbocycles. The zero-order valence-electron chi connectivity index (χ0n) is 15.2. The third-order valence-corrected chi connectivity index (χ3v) is 5.29. The third-order valence-electron chi connectivity index (χ3n) is 5.29. The van der Waals surface area contributed by atoms with Crippen LogP contribution in [0.3, 0.4) is 0 Å². The van der Waals surface area contributed by atoms with E-state index in [4.69, 9.17) is 4.74 Å². The Hall–Kier alpha value is -1.75. The summed E-state index contributed by atoms with van der Waals surface area (Å²) in [7, 11) is 1.93. The van der Waals surface area contributed by atoms with E-state index in [1.165, 1.54) is 5.56 Å². The Morgan fingerprint density at radius 3 is 2.83 bits per heavy atom. The summed E-state index contributed by atoms with van der Waals surface area (Å²) >= 11 is 0. The normalized spacial score (nSPS) is 27.4. The molecule has 0 N–H and O–H groups in total. The summed E-state index contributed by atoms with van der Waals surface area (Å²) in [5.41, 5.74) is 1.21. The summed E-state index contributed by atoms with van der Waals surface area (Å²) in [4.78, 5) is 16.3. The zero-order chi connectivity index (χ0) is 17.3. The summed E-state index contributed by atoms with van der Waals surface area (Å²) in [6.07, 6.45) is 6.03. The molecule has 0 aliphatic carbocycles. The van der Waals surface area contributed by atoms with Crippen molar-refractivity contribution in [1.82, 2.24) is 9.71 Å². The van der Waals surface area contributed by atoms with Gasteiger partial charge in [0.1, 0.15) is 5.75 Å². The fraction of sp³-hybridized carbons (Fsp3) is 0.526. The van der Waals surface area contributed by atoms with E-state index in [0.29, 0.717) is 6.04 Å². The van der Waals surface area contributed by atoms with Crippen molar-refractivity contribution in [3.63, 3.8) is 0 Å². The van der Waals surface area contributed by atoms with Gasteiger partial charge in [-0.3, -0.25) is 9.69 Å². The first-order valence-electron chi connectivity index (χ1n) is 8.86. The Bertz CT molecular complexity index is 646. The minimum absolute atomic E-state index is 0.0738. The smallest absolute Gasteiger partial charge is 0.234 e. The van der Waals surface area contributed by atoms with E-state index in [1.807, 2.05) is 32.7 Å². The second-order valence-corrected chi connectivity index (χ2v) is 7.42. The average molecular weight is 326 g/mol. The van der Waals surface area contributed by atoms with Gasteiger partial charge in [0.25, 0.3) is 0 Å². The van der Waals surface area contributed by atoms with E-state index < -0.39 is 0 Å². The Morgan fingerprint density at radius 2 is 2.21 bits per heavy atom. The van der Waals surface area contributed by atoms with Crippen LogP contribution >= 0.6 is 0 Å². The maximum atomic E-state index is 11.9. The fourth-order valence-corrected chi connectivity index (χ4v) is 3.88. The van der Waals surface area contributed by atoms with Gasteiger partial charge in [0.2, 0.25) is 13.9 Å². The number of piperidine rings is 1. The summed E-state index contributed by atoms with van der Waals surface area (Å²) in [5, 5.41) is 0. The van der Waals surface area contributed by atoms with Gasteiger partial charge in [-0.2, -0.15) is 0 Å². The monoisotopic (exact) mass is 326 g/mol. The van der Waals surface area contributed by atoms with Gasteiger partial charge in [0.15, 0.2) is 0 Å². The van der Waals surface area contributed by atoms with Crippen molar-refractivity contribution in [3.8, 4) is 5.75 Å². The van der Waals surface area contributed by atoms with Crippen molar-refractivity contribution in [2.45, 2.75) is 57.8 Å². The number of ether oxygens (including phenoxy) is 1. The summed E-state index contributed by atoms with van der Waals surface area (Å²) < 4.78 is 5.80. The molecule has 0 radical (unpaired) electrons. The van der Waals surface area contributed by atoms with Gasteiger partial charge in [0.05, 0.1) is 11.6 Å². The summed E-state index contributed by atoms with van der Waals surface area (Å²) in [6, 6.07) is 8.82. The highest BCUT2D eigenvalue weighted by molar-refractivity contribution is 6.18. The molecule has 3 rings (SSSR count). The van der Waals surface area contributed by atoms with Crippen molar-refractivity contribution >= 4 is 13.9 Å². The van der Waals surface area contributed by atoms with Crippen LogP contribution in [0.15, 0.2) is 36.4 Å². The van der Waals surface area contributed by atoms with Crippen molar-refractivity contribution in [2.75, 3.05) is 6.54 Å². The quantitative estimate of drug-likeness (QED) is 0.795. The number of likely N-dealkylation sites (tertiary alicyclic amines) is 1. The molecule has 1 spiro atoms. The largest absolute Gasteiger partial charge is 0.491 e. The molecule has 0 saturated carbocycles. The molecule has 1 fully saturated rings. The van der Waals surface area contributed by atoms with E-state index in [2.05, 4.69) is 36.1 Å².